The largest absolute Gasteiger partial charge is 0.350 e. The van der Waals surface area contributed by atoms with Crippen molar-refractivity contribution in [1.82, 2.24) is 20.5 Å². The molecule has 0 spiro atoms. The molecule has 1 heterocycles. The van der Waals surface area contributed by atoms with Crippen molar-refractivity contribution in [3.8, 4) is 0 Å². The topological polar surface area (TPSA) is 67.8 Å². The van der Waals surface area contributed by atoms with Crippen molar-refractivity contribution in [2.75, 3.05) is 6.26 Å². The first-order chi connectivity index (χ1) is 7.64. The van der Waals surface area contributed by atoms with Gasteiger partial charge in [0.15, 0.2) is 0 Å². The zero-order chi connectivity index (χ0) is 11.6. The van der Waals surface area contributed by atoms with E-state index in [1.165, 1.54) is 11.8 Å². The summed E-state index contributed by atoms with van der Waals surface area (Å²) in [7, 11) is 0. The Hall–Kier alpha value is -1.17. The Morgan fingerprint density at radius 2 is 2.31 bits per heavy atom. The van der Waals surface area contributed by atoms with E-state index in [2.05, 4.69) is 20.5 Å². The molecular formula is C10H14N4OS. The van der Waals surface area contributed by atoms with Gasteiger partial charge in [-0.15, -0.1) is 10.2 Å². The second-order valence-corrected chi connectivity index (χ2v) is 4.95. The van der Waals surface area contributed by atoms with Crippen LogP contribution in [-0.2, 0) is 11.3 Å². The molecule has 1 aromatic heterocycles. The molecule has 0 unspecified atom stereocenters. The normalized spacial score (nSPS) is 16.9. The summed E-state index contributed by atoms with van der Waals surface area (Å²) >= 11 is 1.44. The molecule has 0 aromatic carbocycles. The summed E-state index contributed by atoms with van der Waals surface area (Å²) in [5.41, 5.74) is 0.551. The number of thioether (sulfide) groups is 1. The van der Waals surface area contributed by atoms with Crippen LogP contribution in [0.2, 0.25) is 0 Å². The maximum Gasteiger partial charge on any atom is 0.226 e. The summed E-state index contributed by atoms with van der Waals surface area (Å²) in [5.74, 6) is 0.100. The zero-order valence-corrected chi connectivity index (χ0v) is 10.2. The number of nitrogens with zero attached hydrogens (tertiary/aromatic N) is 3. The first-order valence-electron chi connectivity index (χ1n) is 5.15. The van der Waals surface area contributed by atoms with Crippen LogP contribution in [0, 0.1) is 5.41 Å². The molecule has 1 N–H and O–H groups in total. The van der Waals surface area contributed by atoms with Gasteiger partial charge in [0, 0.05) is 5.41 Å². The van der Waals surface area contributed by atoms with Crippen LogP contribution in [0.4, 0.5) is 0 Å². The Labute approximate surface area is 98.4 Å². The molecule has 86 valence electrons. The van der Waals surface area contributed by atoms with E-state index < -0.39 is 0 Å². The SMILES string of the molecule is CSc1ncc(CNC(=O)C2(C)CC2)nn1. The van der Waals surface area contributed by atoms with Crippen LogP contribution in [0.25, 0.3) is 0 Å². The molecule has 1 fully saturated rings. The minimum atomic E-state index is -0.139. The van der Waals surface area contributed by atoms with Gasteiger partial charge in [0.25, 0.3) is 0 Å². The maximum atomic E-state index is 11.6. The van der Waals surface area contributed by atoms with Crippen molar-refractivity contribution in [3.63, 3.8) is 0 Å². The van der Waals surface area contributed by atoms with Crippen LogP contribution < -0.4 is 5.32 Å². The second-order valence-electron chi connectivity index (χ2n) is 4.18. The fraction of sp³-hybridized carbons (Fsp3) is 0.600. The standard InChI is InChI=1S/C10H14N4OS/c1-10(3-4-10)8(15)11-5-7-6-12-9(16-2)14-13-7/h6H,3-5H2,1-2H3,(H,11,15). The quantitative estimate of drug-likeness (QED) is 0.793. The lowest BCUT2D eigenvalue weighted by molar-refractivity contribution is -0.125. The molecule has 6 heteroatoms. The number of hydrogen-bond donors (Lipinski definition) is 1. The third-order valence-electron chi connectivity index (χ3n) is 2.75. The summed E-state index contributed by atoms with van der Waals surface area (Å²) in [6, 6.07) is 0. The third-order valence-corrected chi connectivity index (χ3v) is 3.30. The summed E-state index contributed by atoms with van der Waals surface area (Å²) in [6.45, 7) is 2.38. The van der Waals surface area contributed by atoms with Gasteiger partial charge in [-0.3, -0.25) is 4.79 Å². The summed E-state index contributed by atoms with van der Waals surface area (Å²) in [5, 5.41) is 11.4. The minimum absolute atomic E-state index is 0.100. The molecule has 0 bridgehead atoms. The van der Waals surface area contributed by atoms with Crippen LogP contribution in [0.1, 0.15) is 25.5 Å². The van der Waals surface area contributed by atoms with Crippen molar-refractivity contribution in [3.05, 3.63) is 11.9 Å². The van der Waals surface area contributed by atoms with Crippen LogP contribution in [0.5, 0.6) is 0 Å². The fourth-order valence-corrected chi connectivity index (χ4v) is 1.54. The summed E-state index contributed by atoms with van der Waals surface area (Å²) in [4.78, 5) is 15.7. The highest BCUT2D eigenvalue weighted by molar-refractivity contribution is 7.98. The van der Waals surface area contributed by atoms with E-state index in [0.29, 0.717) is 17.4 Å². The van der Waals surface area contributed by atoms with E-state index in [-0.39, 0.29) is 11.3 Å². The van der Waals surface area contributed by atoms with Crippen molar-refractivity contribution in [1.29, 1.82) is 0 Å². The summed E-state index contributed by atoms with van der Waals surface area (Å²) in [6.07, 6.45) is 5.50. The van der Waals surface area contributed by atoms with E-state index in [1.54, 1.807) is 6.20 Å². The van der Waals surface area contributed by atoms with Crippen LogP contribution in [-0.4, -0.2) is 27.3 Å². The molecule has 0 aliphatic heterocycles. The van der Waals surface area contributed by atoms with Crippen molar-refractivity contribution in [2.24, 2.45) is 5.41 Å². The van der Waals surface area contributed by atoms with Crippen LogP contribution in [0.3, 0.4) is 0 Å². The molecule has 5 nitrogen and oxygen atoms in total. The van der Waals surface area contributed by atoms with Crippen molar-refractivity contribution in [2.45, 2.75) is 31.5 Å². The maximum absolute atomic E-state index is 11.6. The first kappa shape index (κ1) is 11.3. The van der Waals surface area contributed by atoms with Gasteiger partial charge < -0.3 is 5.32 Å². The molecular weight excluding hydrogens is 224 g/mol. The van der Waals surface area contributed by atoms with E-state index in [1.807, 2.05) is 13.2 Å². The number of rotatable bonds is 4. The van der Waals surface area contributed by atoms with Gasteiger partial charge in [-0.25, -0.2) is 4.98 Å². The second kappa shape index (κ2) is 4.37. The number of aromatic nitrogens is 3. The van der Waals surface area contributed by atoms with Gasteiger partial charge in [0.05, 0.1) is 12.7 Å². The monoisotopic (exact) mass is 238 g/mol. The number of carbonyl (C=O) groups is 1. The fourth-order valence-electron chi connectivity index (χ4n) is 1.26. The molecule has 1 aromatic rings. The highest BCUT2D eigenvalue weighted by atomic mass is 32.2. The van der Waals surface area contributed by atoms with Gasteiger partial charge in [-0.05, 0) is 19.1 Å². The summed E-state index contributed by atoms with van der Waals surface area (Å²) < 4.78 is 0. The Kier molecular flexibility index (Phi) is 3.09. The lowest BCUT2D eigenvalue weighted by Crippen LogP contribution is -2.30. The average molecular weight is 238 g/mol. The predicted octanol–water partition coefficient (Wildman–Crippen LogP) is 1.01. The number of hydrogen-bond acceptors (Lipinski definition) is 5. The Bertz CT molecular complexity index is 388. The minimum Gasteiger partial charge on any atom is -0.350 e. The van der Waals surface area contributed by atoms with Crippen LogP contribution in [0.15, 0.2) is 11.4 Å². The highest BCUT2D eigenvalue weighted by Crippen LogP contribution is 2.44. The molecule has 0 radical (unpaired) electrons. The van der Waals surface area contributed by atoms with Gasteiger partial charge in [-0.2, -0.15) is 0 Å². The molecule has 1 aliphatic rings. The third kappa shape index (κ3) is 2.49. The number of carbonyl (C=O) groups excluding carboxylic acids is 1. The van der Waals surface area contributed by atoms with Crippen molar-refractivity contribution < 1.29 is 4.79 Å². The van der Waals surface area contributed by atoms with E-state index in [0.717, 1.165) is 12.8 Å². The average Bonchev–Trinajstić information content (AvgIpc) is 3.06. The first-order valence-corrected chi connectivity index (χ1v) is 6.37. The predicted molar refractivity (Wildman–Crippen MR) is 60.8 cm³/mol. The van der Waals surface area contributed by atoms with Crippen molar-refractivity contribution >= 4 is 17.7 Å². The highest BCUT2D eigenvalue weighted by Gasteiger charge is 2.44. The lowest BCUT2D eigenvalue weighted by Gasteiger charge is -2.08. The van der Waals surface area contributed by atoms with Crippen LogP contribution >= 0.6 is 11.8 Å². The van der Waals surface area contributed by atoms with Gasteiger partial charge in [0.1, 0.15) is 5.69 Å². The van der Waals surface area contributed by atoms with Gasteiger partial charge in [-0.1, -0.05) is 18.7 Å². The molecule has 16 heavy (non-hydrogen) atoms. The van der Waals surface area contributed by atoms with E-state index >= 15 is 0 Å². The Balaban J connectivity index is 1.87. The smallest absolute Gasteiger partial charge is 0.226 e. The molecule has 0 atom stereocenters. The molecule has 1 saturated carbocycles. The zero-order valence-electron chi connectivity index (χ0n) is 9.36. The lowest BCUT2D eigenvalue weighted by atomic mass is 10.1. The van der Waals surface area contributed by atoms with E-state index in [4.69, 9.17) is 0 Å². The Morgan fingerprint density at radius 3 is 2.81 bits per heavy atom. The van der Waals surface area contributed by atoms with Gasteiger partial charge >= 0.3 is 0 Å². The number of nitrogens with one attached hydrogen (secondary N) is 1. The Morgan fingerprint density at radius 1 is 1.56 bits per heavy atom. The van der Waals surface area contributed by atoms with E-state index in [9.17, 15) is 4.79 Å². The molecule has 0 saturated heterocycles. The number of amides is 1. The molecule has 1 aliphatic carbocycles. The molecule has 2 rings (SSSR count). The molecule has 1 amide bonds. The van der Waals surface area contributed by atoms with Gasteiger partial charge in [0.2, 0.25) is 11.1 Å².